The second-order valence-corrected chi connectivity index (χ2v) is 6.24. The first-order valence-corrected chi connectivity index (χ1v) is 7.21. The van der Waals surface area contributed by atoms with E-state index in [0.29, 0.717) is 5.92 Å². The van der Waals surface area contributed by atoms with Gasteiger partial charge in [0.1, 0.15) is 5.82 Å². The molecule has 1 aliphatic heterocycles. The van der Waals surface area contributed by atoms with Gasteiger partial charge in [0.05, 0.1) is 0 Å². The van der Waals surface area contributed by atoms with Crippen molar-refractivity contribution in [1.29, 1.82) is 0 Å². The van der Waals surface area contributed by atoms with Crippen LogP contribution in [0.25, 0.3) is 0 Å². The third-order valence-corrected chi connectivity index (χ3v) is 5.34. The Labute approximate surface area is 107 Å². The first-order valence-electron chi connectivity index (χ1n) is 4.82. The number of halogens is 3. The molecule has 0 spiro atoms. The summed E-state index contributed by atoms with van der Waals surface area (Å²) in [6, 6.07) is 4.82. The molecule has 0 nitrogen and oxygen atoms in total. The van der Waals surface area contributed by atoms with Crippen LogP contribution in [0, 0.1) is 11.7 Å². The number of hydrogen-bond donors (Lipinski definition) is 0. The molecule has 4 heteroatoms. The van der Waals surface area contributed by atoms with Gasteiger partial charge in [-0.1, -0.05) is 15.9 Å². The highest BCUT2D eigenvalue weighted by Crippen LogP contribution is 2.32. The number of thioether (sulfide) groups is 1. The minimum atomic E-state index is -0.176. The van der Waals surface area contributed by atoms with Crippen molar-refractivity contribution in [2.75, 3.05) is 11.5 Å². The topological polar surface area (TPSA) is 0 Å². The van der Waals surface area contributed by atoms with E-state index in [0.717, 1.165) is 28.0 Å². The quantitative estimate of drug-likeness (QED) is 0.741. The van der Waals surface area contributed by atoms with Crippen LogP contribution in [0.4, 0.5) is 4.39 Å². The van der Waals surface area contributed by atoms with Crippen molar-refractivity contribution in [2.45, 2.75) is 11.8 Å². The SMILES string of the molecule is Fc1ccc(Br)c(CC2CSCC2Cl)c1. The standard InChI is InChI=1S/C11H11BrClFS/c12-10-2-1-9(14)4-7(10)3-8-5-15-6-11(8)13/h1-2,4,8,11H,3,5-6H2. The van der Waals surface area contributed by atoms with Gasteiger partial charge >= 0.3 is 0 Å². The molecule has 2 unspecified atom stereocenters. The molecule has 1 fully saturated rings. The van der Waals surface area contributed by atoms with Gasteiger partial charge in [0.25, 0.3) is 0 Å². The van der Waals surface area contributed by atoms with E-state index in [1.54, 1.807) is 12.1 Å². The lowest BCUT2D eigenvalue weighted by atomic mass is 9.98. The van der Waals surface area contributed by atoms with Crippen LogP contribution in [-0.2, 0) is 6.42 Å². The van der Waals surface area contributed by atoms with Crippen LogP contribution >= 0.6 is 39.3 Å². The van der Waals surface area contributed by atoms with Crippen molar-refractivity contribution in [2.24, 2.45) is 5.92 Å². The number of rotatable bonds is 2. The van der Waals surface area contributed by atoms with Crippen LogP contribution < -0.4 is 0 Å². The lowest BCUT2D eigenvalue weighted by molar-refractivity contribution is 0.590. The van der Waals surface area contributed by atoms with E-state index in [1.807, 2.05) is 11.8 Å². The second kappa shape index (κ2) is 5.07. The Hall–Kier alpha value is 0.270. The molecule has 1 saturated heterocycles. The Morgan fingerprint density at radius 1 is 1.47 bits per heavy atom. The smallest absolute Gasteiger partial charge is 0.123 e. The molecule has 15 heavy (non-hydrogen) atoms. The van der Waals surface area contributed by atoms with Crippen LogP contribution in [0.3, 0.4) is 0 Å². The second-order valence-electron chi connectivity index (χ2n) is 3.75. The third-order valence-electron chi connectivity index (χ3n) is 2.61. The lowest BCUT2D eigenvalue weighted by Gasteiger charge is -2.13. The molecule has 1 aromatic rings. The fourth-order valence-corrected chi connectivity index (χ4v) is 3.99. The molecule has 0 saturated carbocycles. The van der Waals surface area contributed by atoms with Gasteiger partial charge in [-0.15, -0.1) is 11.6 Å². The van der Waals surface area contributed by atoms with Crippen molar-refractivity contribution < 1.29 is 4.39 Å². The summed E-state index contributed by atoms with van der Waals surface area (Å²) in [6.45, 7) is 0. The molecule has 82 valence electrons. The average Bonchev–Trinajstić information content (AvgIpc) is 2.58. The summed E-state index contributed by atoms with van der Waals surface area (Å²) in [5.41, 5.74) is 1.02. The average molecular weight is 310 g/mol. The fraction of sp³-hybridized carbons (Fsp3) is 0.455. The zero-order valence-electron chi connectivity index (χ0n) is 8.05. The monoisotopic (exact) mass is 308 g/mol. The van der Waals surface area contributed by atoms with E-state index >= 15 is 0 Å². The molecule has 0 amide bonds. The lowest BCUT2D eigenvalue weighted by Crippen LogP contribution is -2.15. The van der Waals surface area contributed by atoms with Gasteiger partial charge in [-0.2, -0.15) is 11.8 Å². The Morgan fingerprint density at radius 2 is 2.27 bits per heavy atom. The van der Waals surface area contributed by atoms with E-state index in [1.165, 1.54) is 6.07 Å². The normalized spacial score (nSPS) is 25.8. The zero-order valence-corrected chi connectivity index (χ0v) is 11.2. The van der Waals surface area contributed by atoms with Gasteiger partial charge in [-0.3, -0.25) is 0 Å². The summed E-state index contributed by atoms with van der Waals surface area (Å²) in [6.07, 6.45) is 0.861. The van der Waals surface area contributed by atoms with E-state index in [4.69, 9.17) is 11.6 Å². The van der Waals surface area contributed by atoms with E-state index < -0.39 is 0 Å². The molecule has 0 radical (unpaired) electrons. The van der Waals surface area contributed by atoms with E-state index in [9.17, 15) is 4.39 Å². The Kier molecular flexibility index (Phi) is 3.97. The minimum Gasteiger partial charge on any atom is -0.207 e. The number of alkyl halides is 1. The Bertz CT molecular complexity index is 358. The molecule has 2 atom stereocenters. The van der Waals surface area contributed by atoms with Gasteiger partial charge in [0, 0.05) is 15.6 Å². The molecule has 2 rings (SSSR count). The van der Waals surface area contributed by atoms with E-state index in [-0.39, 0.29) is 11.2 Å². The minimum absolute atomic E-state index is 0.176. The summed E-state index contributed by atoms with van der Waals surface area (Å²) in [7, 11) is 0. The molecular weight excluding hydrogens is 299 g/mol. The van der Waals surface area contributed by atoms with Gasteiger partial charge in [0.15, 0.2) is 0 Å². The highest BCUT2D eigenvalue weighted by Gasteiger charge is 2.26. The molecule has 1 aliphatic rings. The highest BCUT2D eigenvalue weighted by molar-refractivity contribution is 9.10. The third kappa shape index (κ3) is 2.89. The largest absolute Gasteiger partial charge is 0.207 e. The fourth-order valence-electron chi connectivity index (χ4n) is 1.74. The van der Waals surface area contributed by atoms with Crippen LogP contribution in [0.5, 0.6) is 0 Å². The maximum absolute atomic E-state index is 13.1. The summed E-state index contributed by atoms with van der Waals surface area (Å²) in [4.78, 5) is 0. The van der Waals surface area contributed by atoms with Crippen LogP contribution in [0.2, 0.25) is 0 Å². The number of benzene rings is 1. The predicted octanol–water partition coefficient (Wildman–Crippen LogP) is 4.10. The Balaban J connectivity index is 2.12. The summed E-state index contributed by atoms with van der Waals surface area (Å²) in [5.74, 6) is 2.38. The zero-order chi connectivity index (χ0) is 10.8. The van der Waals surface area contributed by atoms with Crippen LogP contribution in [-0.4, -0.2) is 16.9 Å². The van der Waals surface area contributed by atoms with Gasteiger partial charge in [-0.25, -0.2) is 4.39 Å². The molecule has 1 heterocycles. The molecule has 0 aromatic heterocycles. The van der Waals surface area contributed by atoms with Crippen molar-refractivity contribution in [3.63, 3.8) is 0 Å². The Morgan fingerprint density at radius 3 is 2.93 bits per heavy atom. The summed E-state index contributed by atoms with van der Waals surface area (Å²) in [5, 5.41) is 0.227. The van der Waals surface area contributed by atoms with Crippen molar-refractivity contribution in [1.82, 2.24) is 0 Å². The van der Waals surface area contributed by atoms with Gasteiger partial charge in [-0.05, 0) is 41.9 Å². The maximum atomic E-state index is 13.1. The first kappa shape index (κ1) is 11.7. The highest BCUT2D eigenvalue weighted by atomic mass is 79.9. The van der Waals surface area contributed by atoms with E-state index in [2.05, 4.69) is 15.9 Å². The molecule has 0 aliphatic carbocycles. The van der Waals surface area contributed by atoms with Crippen molar-refractivity contribution in [3.05, 3.63) is 34.1 Å². The van der Waals surface area contributed by atoms with Gasteiger partial charge in [0.2, 0.25) is 0 Å². The number of hydrogen-bond acceptors (Lipinski definition) is 1. The van der Waals surface area contributed by atoms with Crippen molar-refractivity contribution >= 4 is 39.3 Å². The molecule has 1 aromatic carbocycles. The van der Waals surface area contributed by atoms with Crippen LogP contribution in [0.1, 0.15) is 5.56 Å². The molecular formula is C11H11BrClFS. The summed E-state index contributed by atoms with van der Waals surface area (Å²) < 4.78 is 14.0. The molecule has 0 bridgehead atoms. The molecule has 0 N–H and O–H groups in total. The maximum Gasteiger partial charge on any atom is 0.123 e. The van der Waals surface area contributed by atoms with Crippen LogP contribution in [0.15, 0.2) is 22.7 Å². The summed E-state index contributed by atoms with van der Waals surface area (Å²) >= 11 is 11.5. The van der Waals surface area contributed by atoms with Gasteiger partial charge < -0.3 is 0 Å². The first-order chi connectivity index (χ1) is 7.16. The van der Waals surface area contributed by atoms with Crippen molar-refractivity contribution in [3.8, 4) is 0 Å². The predicted molar refractivity (Wildman–Crippen MR) is 68.3 cm³/mol.